The Labute approximate surface area is 86.6 Å². The first-order chi connectivity index (χ1) is 6.58. The third-order valence-corrected chi connectivity index (χ3v) is 1.69. The van der Waals surface area contributed by atoms with Gasteiger partial charge in [0, 0.05) is 5.02 Å². The highest BCUT2D eigenvalue weighted by atomic mass is 35.5. The van der Waals surface area contributed by atoms with E-state index in [0.29, 0.717) is 10.8 Å². The second-order valence-corrected chi connectivity index (χ2v) is 3.24. The van der Waals surface area contributed by atoms with Gasteiger partial charge in [0.1, 0.15) is 18.0 Å². The van der Waals surface area contributed by atoms with Gasteiger partial charge in [0.2, 0.25) is 0 Å². The van der Waals surface area contributed by atoms with Gasteiger partial charge in [-0.2, -0.15) is 0 Å². The molecule has 3 nitrogen and oxygen atoms in total. The first-order valence-electron chi connectivity index (χ1n) is 4.03. The van der Waals surface area contributed by atoms with E-state index in [1.807, 2.05) is 0 Å². The van der Waals surface area contributed by atoms with Gasteiger partial charge in [-0.25, -0.2) is 0 Å². The lowest BCUT2D eigenvalue weighted by Gasteiger charge is -2.01. The molecule has 0 saturated carbocycles. The van der Waals surface area contributed by atoms with Crippen LogP contribution in [-0.2, 0) is 9.59 Å². The van der Waals surface area contributed by atoms with Gasteiger partial charge in [-0.3, -0.25) is 9.59 Å². The highest BCUT2D eigenvalue weighted by molar-refractivity contribution is 6.30. The molecule has 74 valence electrons. The Balaban J connectivity index is 2.56. The monoisotopic (exact) mass is 212 g/mol. The molecule has 0 heterocycles. The van der Waals surface area contributed by atoms with Crippen molar-refractivity contribution in [1.82, 2.24) is 0 Å². The minimum Gasteiger partial charge on any atom is -0.426 e. The predicted molar refractivity (Wildman–Crippen MR) is 52.4 cm³/mol. The molecule has 0 bridgehead atoms. The van der Waals surface area contributed by atoms with Gasteiger partial charge in [0.25, 0.3) is 0 Å². The lowest BCUT2D eigenvalue weighted by Crippen LogP contribution is -2.11. The van der Waals surface area contributed by atoms with E-state index in [-0.39, 0.29) is 12.2 Å². The van der Waals surface area contributed by atoms with Crippen molar-refractivity contribution in [3.63, 3.8) is 0 Å². The first-order valence-corrected chi connectivity index (χ1v) is 4.41. The lowest BCUT2D eigenvalue weighted by molar-refractivity contribution is -0.137. The van der Waals surface area contributed by atoms with Crippen molar-refractivity contribution in [2.75, 3.05) is 0 Å². The summed E-state index contributed by atoms with van der Waals surface area (Å²) in [7, 11) is 0. The molecular weight excluding hydrogens is 204 g/mol. The Morgan fingerprint density at radius 1 is 1.29 bits per heavy atom. The summed E-state index contributed by atoms with van der Waals surface area (Å²) >= 11 is 5.64. The maximum absolute atomic E-state index is 11.0. The van der Waals surface area contributed by atoms with Crippen LogP contribution in [0.25, 0.3) is 0 Å². The molecule has 14 heavy (non-hydrogen) atoms. The van der Waals surface area contributed by atoms with Crippen molar-refractivity contribution >= 4 is 23.4 Å². The topological polar surface area (TPSA) is 43.4 Å². The first kappa shape index (κ1) is 10.7. The molecule has 0 aromatic heterocycles. The van der Waals surface area contributed by atoms with Crippen LogP contribution in [0.3, 0.4) is 0 Å². The van der Waals surface area contributed by atoms with Gasteiger partial charge < -0.3 is 4.74 Å². The van der Waals surface area contributed by atoms with Crippen LogP contribution in [0.2, 0.25) is 5.02 Å². The van der Waals surface area contributed by atoms with Gasteiger partial charge in [-0.15, -0.1) is 0 Å². The van der Waals surface area contributed by atoms with E-state index >= 15 is 0 Å². The second-order valence-electron chi connectivity index (χ2n) is 2.81. The minimum atomic E-state index is -0.556. The second kappa shape index (κ2) is 4.77. The molecular formula is C10H9ClO3. The predicted octanol–water partition coefficient (Wildman–Crippen LogP) is 2.22. The van der Waals surface area contributed by atoms with E-state index < -0.39 is 5.97 Å². The summed E-state index contributed by atoms with van der Waals surface area (Å²) in [6.07, 6.45) is -0.206. The summed E-state index contributed by atoms with van der Waals surface area (Å²) in [5.74, 6) is -0.385. The number of hydrogen-bond donors (Lipinski definition) is 0. The largest absolute Gasteiger partial charge is 0.426 e. The number of halogens is 1. The highest BCUT2D eigenvalue weighted by Crippen LogP contribution is 2.15. The van der Waals surface area contributed by atoms with Crippen LogP contribution in [0.5, 0.6) is 5.75 Å². The zero-order valence-electron chi connectivity index (χ0n) is 7.62. The summed E-state index contributed by atoms with van der Waals surface area (Å²) in [6, 6.07) is 6.36. The van der Waals surface area contributed by atoms with E-state index in [9.17, 15) is 9.59 Å². The third kappa shape index (κ3) is 3.58. The van der Waals surface area contributed by atoms with Crippen molar-refractivity contribution in [3.8, 4) is 5.75 Å². The molecule has 0 fully saturated rings. The van der Waals surface area contributed by atoms with E-state index in [2.05, 4.69) is 0 Å². The SMILES string of the molecule is CC(=O)CC(=O)Oc1ccc(Cl)cc1. The van der Waals surface area contributed by atoms with Crippen molar-refractivity contribution in [3.05, 3.63) is 29.3 Å². The molecule has 0 N–H and O–H groups in total. The highest BCUT2D eigenvalue weighted by Gasteiger charge is 2.07. The number of ketones is 1. The molecule has 4 heteroatoms. The fourth-order valence-electron chi connectivity index (χ4n) is 0.873. The molecule has 0 saturated heterocycles. The van der Waals surface area contributed by atoms with Crippen LogP contribution in [0.1, 0.15) is 13.3 Å². The zero-order chi connectivity index (χ0) is 10.6. The van der Waals surface area contributed by atoms with E-state index in [1.165, 1.54) is 6.92 Å². The summed E-state index contributed by atoms with van der Waals surface area (Å²) in [5, 5.41) is 0.566. The Morgan fingerprint density at radius 3 is 2.36 bits per heavy atom. The van der Waals surface area contributed by atoms with Crippen molar-refractivity contribution in [2.45, 2.75) is 13.3 Å². The van der Waals surface area contributed by atoms with Crippen LogP contribution >= 0.6 is 11.6 Å². The number of carbonyl (C=O) groups excluding carboxylic acids is 2. The van der Waals surface area contributed by atoms with Gasteiger partial charge in [0.15, 0.2) is 0 Å². The molecule has 0 unspecified atom stereocenters. The van der Waals surface area contributed by atoms with Gasteiger partial charge in [-0.05, 0) is 31.2 Å². The molecule has 1 aromatic rings. The van der Waals surface area contributed by atoms with E-state index in [1.54, 1.807) is 24.3 Å². The fourth-order valence-corrected chi connectivity index (χ4v) is 0.999. The number of hydrogen-bond acceptors (Lipinski definition) is 3. The summed E-state index contributed by atoms with van der Waals surface area (Å²) in [4.78, 5) is 21.6. The third-order valence-electron chi connectivity index (χ3n) is 1.44. The van der Waals surface area contributed by atoms with E-state index in [0.717, 1.165) is 0 Å². The molecule has 1 aromatic carbocycles. The number of carbonyl (C=O) groups is 2. The Hall–Kier alpha value is -1.35. The molecule has 0 aliphatic rings. The van der Waals surface area contributed by atoms with Crippen LogP contribution in [0.4, 0.5) is 0 Å². The Kier molecular flexibility index (Phi) is 3.65. The Morgan fingerprint density at radius 2 is 1.86 bits per heavy atom. The molecule has 0 radical (unpaired) electrons. The van der Waals surface area contributed by atoms with Crippen LogP contribution in [-0.4, -0.2) is 11.8 Å². The maximum atomic E-state index is 11.0. The molecule has 0 amide bonds. The summed E-state index contributed by atoms with van der Waals surface area (Å²) in [6.45, 7) is 1.34. The average Bonchev–Trinajstić information content (AvgIpc) is 2.07. The van der Waals surface area contributed by atoms with Gasteiger partial charge in [-0.1, -0.05) is 11.6 Å². The molecule has 0 atom stereocenters. The van der Waals surface area contributed by atoms with Crippen LogP contribution in [0, 0.1) is 0 Å². The van der Waals surface area contributed by atoms with Crippen molar-refractivity contribution in [2.24, 2.45) is 0 Å². The quantitative estimate of drug-likeness (QED) is 0.438. The van der Waals surface area contributed by atoms with E-state index in [4.69, 9.17) is 16.3 Å². The number of esters is 1. The summed E-state index contributed by atoms with van der Waals surface area (Å²) in [5.41, 5.74) is 0. The number of Topliss-reactive ketones (excluding diaryl/α,β-unsaturated/α-hetero) is 1. The number of benzene rings is 1. The van der Waals surface area contributed by atoms with Gasteiger partial charge in [0.05, 0.1) is 0 Å². The van der Waals surface area contributed by atoms with Crippen molar-refractivity contribution < 1.29 is 14.3 Å². The standard InChI is InChI=1S/C10H9ClO3/c1-7(12)6-10(13)14-9-4-2-8(11)3-5-9/h2-5H,6H2,1H3. The number of ether oxygens (including phenoxy) is 1. The molecule has 0 spiro atoms. The molecule has 0 aliphatic heterocycles. The van der Waals surface area contributed by atoms with Crippen LogP contribution in [0.15, 0.2) is 24.3 Å². The summed E-state index contributed by atoms with van der Waals surface area (Å²) < 4.78 is 4.86. The molecule has 1 rings (SSSR count). The van der Waals surface area contributed by atoms with Crippen molar-refractivity contribution in [1.29, 1.82) is 0 Å². The fraction of sp³-hybridized carbons (Fsp3) is 0.200. The average molecular weight is 213 g/mol. The molecule has 0 aliphatic carbocycles. The minimum absolute atomic E-state index is 0.206. The zero-order valence-corrected chi connectivity index (χ0v) is 8.38. The lowest BCUT2D eigenvalue weighted by atomic mass is 10.3. The van der Waals surface area contributed by atoms with Crippen LogP contribution < -0.4 is 4.74 Å². The van der Waals surface area contributed by atoms with Gasteiger partial charge >= 0.3 is 5.97 Å². The number of rotatable bonds is 3. The smallest absolute Gasteiger partial charge is 0.318 e. The maximum Gasteiger partial charge on any atom is 0.318 e. The normalized spacial score (nSPS) is 9.57. The Bertz CT molecular complexity index is 343.